The van der Waals surface area contributed by atoms with Gasteiger partial charge in [-0.1, -0.05) is 28.1 Å². The van der Waals surface area contributed by atoms with Gasteiger partial charge in [0.2, 0.25) is 0 Å². The number of nitrogens with one attached hydrogen (secondary N) is 1. The van der Waals surface area contributed by atoms with E-state index in [1.54, 1.807) is 0 Å². The lowest BCUT2D eigenvalue weighted by Crippen LogP contribution is -2.57. The Labute approximate surface area is 146 Å². The van der Waals surface area contributed by atoms with Crippen LogP contribution in [0.25, 0.3) is 0 Å². The van der Waals surface area contributed by atoms with Gasteiger partial charge in [0.25, 0.3) is 0 Å². The van der Waals surface area contributed by atoms with Gasteiger partial charge in [-0.2, -0.15) is 0 Å². The number of nitrogens with zero attached hydrogens (tertiary/aromatic N) is 1. The van der Waals surface area contributed by atoms with Gasteiger partial charge >= 0.3 is 6.03 Å². The van der Waals surface area contributed by atoms with Gasteiger partial charge in [0, 0.05) is 24.1 Å². The molecule has 0 spiro atoms. The van der Waals surface area contributed by atoms with Gasteiger partial charge in [-0.15, -0.1) is 0 Å². The van der Waals surface area contributed by atoms with Gasteiger partial charge in [-0.05, 0) is 73.5 Å². The maximum absolute atomic E-state index is 12.6. The Bertz CT molecular complexity index is 558. The minimum Gasteiger partial charge on any atom is -0.335 e. The molecule has 4 saturated carbocycles. The number of benzene rings is 1. The largest absolute Gasteiger partial charge is 0.335 e. The highest BCUT2D eigenvalue weighted by Crippen LogP contribution is 2.53. The number of hydrogen-bond donors (Lipinski definition) is 1. The molecule has 4 heteroatoms. The Balaban J connectivity index is 1.37. The lowest BCUT2D eigenvalue weighted by Gasteiger charge is -2.54. The highest BCUT2D eigenvalue weighted by atomic mass is 79.9. The third-order valence-electron chi connectivity index (χ3n) is 6.20. The maximum Gasteiger partial charge on any atom is 0.317 e. The summed E-state index contributed by atoms with van der Waals surface area (Å²) in [6, 6.07) is 8.69. The Kier molecular flexibility index (Phi) is 4.12. The van der Waals surface area contributed by atoms with Crippen molar-refractivity contribution in [2.75, 3.05) is 7.05 Å². The highest BCUT2D eigenvalue weighted by Gasteiger charge is 2.48. The van der Waals surface area contributed by atoms with Crippen molar-refractivity contribution in [2.45, 2.75) is 44.7 Å². The molecule has 4 bridgehead atoms. The molecular weight excluding hydrogens is 352 g/mol. The number of hydrogen-bond acceptors (Lipinski definition) is 1. The second-order valence-electron chi connectivity index (χ2n) is 7.89. The lowest BCUT2D eigenvalue weighted by molar-refractivity contribution is -0.0108. The summed E-state index contributed by atoms with van der Waals surface area (Å²) in [5.74, 6) is 3.37. The summed E-state index contributed by atoms with van der Waals surface area (Å²) >= 11 is 3.45. The topological polar surface area (TPSA) is 32.3 Å². The van der Waals surface area contributed by atoms with Gasteiger partial charge in [0.15, 0.2) is 0 Å². The fourth-order valence-corrected chi connectivity index (χ4v) is 5.61. The van der Waals surface area contributed by atoms with Crippen LogP contribution in [0.15, 0.2) is 28.7 Å². The first-order chi connectivity index (χ1) is 11.1. The quantitative estimate of drug-likeness (QED) is 0.831. The normalized spacial score (nSPS) is 34.4. The molecular formula is C19H25BrN2O. The Hall–Kier alpha value is -1.03. The van der Waals surface area contributed by atoms with Crippen molar-refractivity contribution in [3.05, 3.63) is 34.3 Å². The number of amides is 2. The van der Waals surface area contributed by atoms with Crippen molar-refractivity contribution in [3.8, 4) is 0 Å². The number of carbonyl (C=O) groups excluding carboxylic acids is 1. The lowest BCUT2D eigenvalue weighted by atomic mass is 9.54. The first kappa shape index (κ1) is 15.5. The minimum absolute atomic E-state index is 0.0883. The summed E-state index contributed by atoms with van der Waals surface area (Å²) in [4.78, 5) is 14.4. The first-order valence-electron chi connectivity index (χ1n) is 8.84. The molecule has 0 saturated heterocycles. The van der Waals surface area contributed by atoms with E-state index < -0.39 is 0 Å². The summed E-state index contributed by atoms with van der Waals surface area (Å²) in [5.41, 5.74) is 1.16. The molecule has 1 N–H and O–H groups in total. The van der Waals surface area contributed by atoms with Gasteiger partial charge in [-0.3, -0.25) is 0 Å². The van der Waals surface area contributed by atoms with E-state index in [0.717, 1.165) is 33.7 Å². The van der Waals surface area contributed by atoms with E-state index in [2.05, 4.69) is 33.4 Å². The van der Waals surface area contributed by atoms with Crippen LogP contribution < -0.4 is 5.32 Å². The molecule has 1 aromatic carbocycles. The van der Waals surface area contributed by atoms with E-state index >= 15 is 0 Å². The van der Waals surface area contributed by atoms with Crippen LogP contribution in [0.1, 0.15) is 37.7 Å². The maximum atomic E-state index is 12.6. The fourth-order valence-electron chi connectivity index (χ4n) is 5.35. The SMILES string of the molecule is CN(Cc1ccc(Br)cc1)C(=O)NC1C2CC3CC(C2)CC1C3. The molecule has 4 aliphatic rings. The van der Waals surface area contributed by atoms with E-state index in [4.69, 9.17) is 0 Å². The predicted molar refractivity (Wildman–Crippen MR) is 95.0 cm³/mol. The third kappa shape index (κ3) is 3.15. The van der Waals surface area contributed by atoms with Crippen molar-refractivity contribution in [1.82, 2.24) is 10.2 Å². The zero-order valence-electron chi connectivity index (χ0n) is 13.7. The summed E-state index contributed by atoms with van der Waals surface area (Å²) in [6.07, 6.45) is 6.82. The summed E-state index contributed by atoms with van der Waals surface area (Å²) in [6.45, 7) is 0.659. The second-order valence-corrected chi connectivity index (χ2v) is 8.80. The molecule has 4 aliphatic carbocycles. The molecule has 0 aliphatic heterocycles. The molecule has 0 unspecified atom stereocenters. The van der Waals surface area contributed by atoms with Gasteiger partial charge in [-0.25, -0.2) is 4.79 Å². The first-order valence-corrected chi connectivity index (χ1v) is 9.64. The van der Waals surface area contributed by atoms with Crippen LogP contribution in [-0.2, 0) is 6.54 Å². The van der Waals surface area contributed by atoms with Gasteiger partial charge in [0.05, 0.1) is 0 Å². The van der Waals surface area contributed by atoms with Crippen LogP contribution in [0, 0.1) is 23.7 Å². The van der Waals surface area contributed by atoms with E-state index in [1.807, 2.05) is 24.1 Å². The van der Waals surface area contributed by atoms with E-state index in [0.29, 0.717) is 12.6 Å². The van der Waals surface area contributed by atoms with Crippen LogP contribution in [0.3, 0.4) is 0 Å². The number of halogens is 1. The van der Waals surface area contributed by atoms with E-state index in [9.17, 15) is 4.79 Å². The van der Waals surface area contributed by atoms with Crippen LogP contribution in [0.5, 0.6) is 0 Å². The smallest absolute Gasteiger partial charge is 0.317 e. The number of carbonyl (C=O) groups is 1. The Morgan fingerprint density at radius 2 is 1.65 bits per heavy atom. The number of rotatable bonds is 3. The van der Waals surface area contributed by atoms with Crippen molar-refractivity contribution in [2.24, 2.45) is 23.7 Å². The average molecular weight is 377 g/mol. The zero-order valence-corrected chi connectivity index (χ0v) is 15.3. The molecule has 0 atom stereocenters. The van der Waals surface area contributed by atoms with Crippen molar-refractivity contribution in [1.29, 1.82) is 0 Å². The second kappa shape index (κ2) is 6.12. The standard InChI is InChI=1S/C19H25BrN2O/c1-22(11-12-2-4-17(20)5-3-12)19(23)21-18-15-7-13-6-14(9-15)10-16(18)8-13/h2-5,13-16,18H,6-11H2,1H3,(H,21,23). The minimum atomic E-state index is 0.0883. The zero-order chi connectivity index (χ0) is 16.0. The van der Waals surface area contributed by atoms with E-state index in [1.165, 1.54) is 32.1 Å². The van der Waals surface area contributed by atoms with Crippen LogP contribution in [0.2, 0.25) is 0 Å². The predicted octanol–water partition coefficient (Wildman–Crippen LogP) is 4.42. The van der Waals surface area contributed by atoms with Crippen molar-refractivity contribution in [3.63, 3.8) is 0 Å². The Morgan fingerprint density at radius 1 is 1.09 bits per heavy atom. The summed E-state index contributed by atoms with van der Waals surface area (Å²) in [7, 11) is 1.90. The molecule has 2 amide bonds. The molecule has 124 valence electrons. The van der Waals surface area contributed by atoms with Gasteiger partial charge in [0.1, 0.15) is 0 Å². The molecule has 0 aromatic heterocycles. The van der Waals surface area contributed by atoms with E-state index in [-0.39, 0.29) is 6.03 Å². The molecule has 5 rings (SSSR count). The average Bonchev–Trinajstić information content (AvgIpc) is 2.52. The van der Waals surface area contributed by atoms with Crippen LogP contribution >= 0.6 is 15.9 Å². The molecule has 3 nitrogen and oxygen atoms in total. The summed E-state index contributed by atoms with van der Waals surface area (Å²) in [5, 5.41) is 3.37. The van der Waals surface area contributed by atoms with Crippen molar-refractivity contribution < 1.29 is 4.79 Å². The van der Waals surface area contributed by atoms with Crippen LogP contribution in [-0.4, -0.2) is 24.0 Å². The fraction of sp³-hybridized carbons (Fsp3) is 0.632. The summed E-state index contributed by atoms with van der Waals surface area (Å²) < 4.78 is 1.07. The van der Waals surface area contributed by atoms with Crippen LogP contribution in [0.4, 0.5) is 4.79 Å². The number of urea groups is 1. The monoisotopic (exact) mass is 376 g/mol. The third-order valence-corrected chi connectivity index (χ3v) is 6.73. The molecule has 0 radical (unpaired) electrons. The molecule has 1 aromatic rings. The molecule has 0 heterocycles. The highest BCUT2D eigenvalue weighted by molar-refractivity contribution is 9.10. The van der Waals surface area contributed by atoms with Crippen molar-refractivity contribution >= 4 is 22.0 Å². The Morgan fingerprint density at radius 3 is 2.22 bits per heavy atom. The van der Waals surface area contributed by atoms with Gasteiger partial charge < -0.3 is 10.2 Å². The molecule has 23 heavy (non-hydrogen) atoms. The molecule has 4 fully saturated rings.